The van der Waals surface area contributed by atoms with Crippen molar-refractivity contribution in [2.75, 3.05) is 20.2 Å². The first-order valence-corrected chi connectivity index (χ1v) is 6.64. The Hall–Kier alpha value is -2.15. The van der Waals surface area contributed by atoms with Gasteiger partial charge in [-0.2, -0.15) is 4.80 Å². The molecule has 0 spiro atoms. The van der Waals surface area contributed by atoms with E-state index in [1.807, 2.05) is 31.3 Å². The second kappa shape index (κ2) is 5.87. The number of benzene rings is 1. The van der Waals surface area contributed by atoms with E-state index in [2.05, 4.69) is 20.7 Å². The molecule has 20 heavy (non-hydrogen) atoms. The maximum absolute atomic E-state index is 6.03. The molecule has 0 radical (unpaired) electrons. The van der Waals surface area contributed by atoms with Crippen LogP contribution in [0.4, 0.5) is 0 Å². The van der Waals surface area contributed by atoms with Crippen LogP contribution in [0, 0.1) is 0 Å². The van der Waals surface area contributed by atoms with Crippen LogP contribution in [0.3, 0.4) is 0 Å². The number of hydrogen-bond donors (Lipinski definition) is 1. The van der Waals surface area contributed by atoms with Gasteiger partial charge >= 0.3 is 0 Å². The summed E-state index contributed by atoms with van der Waals surface area (Å²) in [7, 11) is 1.92. The fraction of sp³-hybridized carbons (Fsp3) is 0.462. The highest BCUT2D eigenvalue weighted by Crippen LogP contribution is 2.34. The maximum atomic E-state index is 6.03. The molecule has 2 heterocycles. The Bertz CT molecular complexity index is 545. The summed E-state index contributed by atoms with van der Waals surface area (Å²) in [4.78, 5) is 1.60. The first kappa shape index (κ1) is 12.9. The highest BCUT2D eigenvalue weighted by molar-refractivity contribution is 5.40. The van der Waals surface area contributed by atoms with Crippen LogP contribution in [0.15, 0.2) is 30.6 Å². The van der Waals surface area contributed by atoms with Crippen molar-refractivity contribution in [3.63, 3.8) is 0 Å². The van der Waals surface area contributed by atoms with Crippen LogP contribution in [0.25, 0.3) is 0 Å². The smallest absolute Gasteiger partial charge is 0.162 e. The lowest BCUT2D eigenvalue weighted by Gasteiger charge is -2.31. The molecule has 106 valence electrons. The van der Waals surface area contributed by atoms with E-state index < -0.39 is 0 Å². The number of hydrogen-bond acceptors (Lipinski definition) is 6. The molecule has 7 nitrogen and oxygen atoms in total. The highest BCUT2D eigenvalue weighted by Gasteiger charge is 2.31. The predicted molar refractivity (Wildman–Crippen MR) is 71.8 cm³/mol. The first-order chi connectivity index (χ1) is 9.88. The Morgan fingerprint density at radius 2 is 2.25 bits per heavy atom. The van der Waals surface area contributed by atoms with Crippen LogP contribution in [-0.4, -0.2) is 46.5 Å². The standard InChI is InChI=1S/C13H17N5O2/c1-14-7-6-10(18-16-9-15-17-18)13-8-19-11-4-2-3-5-12(11)20-13/h2-5,9-10,13-14H,6-8H2,1H3. The minimum Gasteiger partial charge on any atom is -0.486 e. The molecule has 1 aliphatic heterocycles. The number of aromatic nitrogens is 4. The minimum absolute atomic E-state index is 0.0155. The van der Waals surface area contributed by atoms with E-state index in [-0.39, 0.29) is 12.1 Å². The van der Waals surface area contributed by atoms with E-state index in [1.54, 1.807) is 4.80 Å². The highest BCUT2D eigenvalue weighted by atomic mass is 16.6. The molecule has 2 atom stereocenters. The van der Waals surface area contributed by atoms with Gasteiger partial charge in [0.1, 0.15) is 12.6 Å². The largest absolute Gasteiger partial charge is 0.486 e. The number of para-hydroxylation sites is 2. The van der Waals surface area contributed by atoms with Crippen molar-refractivity contribution in [2.45, 2.75) is 18.6 Å². The molecule has 1 aromatic heterocycles. The second-order valence-corrected chi connectivity index (χ2v) is 4.63. The third kappa shape index (κ3) is 2.57. The predicted octanol–water partition coefficient (Wildman–Crippen LogP) is 0.664. The summed E-state index contributed by atoms with van der Waals surface area (Å²) in [5, 5.41) is 15.0. The van der Waals surface area contributed by atoms with Gasteiger partial charge in [0.2, 0.25) is 0 Å². The van der Waals surface area contributed by atoms with Gasteiger partial charge in [-0.15, -0.1) is 10.2 Å². The number of nitrogens with zero attached hydrogens (tertiary/aromatic N) is 4. The van der Waals surface area contributed by atoms with Gasteiger partial charge in [0.15, 0.2) is 23.9 Å². The van der Waals surface area contributed by atoms with Crippen LogP contribution >= 0.6 is 0 Å². The van der Waals surface area contributed by atoms with Crippen LogP contribution < -0.4 is 14.8 Å². The molecule has 0 fully saturated rings. The fourth-order valence-electron chi connectivity index (χ4n) is 2.29. The summed E-state index contributed by atoms with van der Waals surface area (Å²) in [5.41, 5.74) is 0. The monoisotopic (exact) mass is 275 g/mol. The Labute approximate surface area is 116 Å². The zero-order valence-corrected chi connectivity index (χ0v) is 11.3. The van der Waals surface area contributed by atoms with Gasteiger partial charge in [0, 0.05) is 0 Å². The molecule has 0 saturated heterocycles. The molecule has 7 heteroatoms. The van der Waals surface area contributed by atoms with Gasteiger partial charge in [0.05, 0.1) is 0 Å². The zero-order chi connectivity index (χ0) is 13.8. The Morgan fingerprint density at radius 3 is 3.00 bits per heavy atom. The van der Waals surface area contributed by atoms with E-state index >= 15 is 0 Å². The van der Waals surface area contributed by atoms with Crippen molar-refractivity contribution in [3.8, 4) is 11.5 Å². The molecular formula is C13H17N5O2. The third-order valence-electron chi connectivity index (χ3n) is 3.31. The van der Waals surface area contributed by atoms with Crippen molar-refractivity contribution in [1.82, 2.24) is 25.5 Å². The van der Waals surface area contributed by atoms with E-state index in [0.717, 1.165) is 24.5 Å². The number of fused-ring (bicyclic) bond motifs is 1. The summed E-state index contributed by atoms with van der Waals surface area (Å²) in [6, 6.07) is 7.66. The van der Waals surface area contributed by atoms with Crippen LogP contribution in [0.5, 0.6) is 11.5 Å². The lowest BCUT2D eigenvalue weighted by Crippen LogP contribution is -2.39. The van der Waals surface area contributed by atoms with Gasteiger partial charge in [-0.3, -0.25) is 0 Å². The van der Waals surface area contributed by atoms with E-state index in [9.17, 15) is 0 Å². The summed E-state index contributed by atoms with van der Waals surface area (Å²) in [5.74, 6) is 1.54. The Balaban J connectivity index is 1.79. The molecule has 1 aliphatic rings. The van der Waals surface area contributed by atoms with Gasteiger partial charge in [-0.1, -0.05) is 12.1 Å². The van der Waals surface area contributed by atoms with Crippen molar-refractivity contribution in [1.29, 1.82) is 0 Å². The minimum atomic E-state index is -0.132. The van der Waals surface area contributed by atoms with Gasteiger partial charge in [0.25, 0.3) is 0 Å². The SMILES string of the molecule is CNCCC(C1COc2ccccc2O1)n1ncnn1. The summed E-state index contributed by atoms with van der Waals surface area (Å²) in [6.45, 7) is 1.32. The molecular weight excluding hydrogens is 258 g/mol. The molecule has 2 unspecified atom stereocenters. The molecule has 0 amide bonds. The third-order valence-corrected chi connectivity index (χ3v) is 3.31. The van der Waals surface area contributed by atoms with E-state index in [4.69, 9.17) is 9.47 Å². The fourth-order valence-corrected chi connectivity index (χ4v) is 2.29. The van der Waals surface area contributed by atoms with E-state index in [1.165, 1.54) is 6.33 Å². The molecule has 1 N–H and O–H groups in total. The van der Waals surface area contributed by atoms with Crippen LogP contribution in [-0.2, 0) is 0 Å². The number of nitrogens with one attached hydrogen (secondary N) is 1. The summed E-state index contributed by atoms with van der Waals surface area (Å²) >= 11 is 0. The van der Waals surface area contributed by atoms with Crippen molar-refractivity contribution in [3.05, 3.63) is 30.6 Å². The Morgan fingerprint density at radius 1 is 1.40 bits per heavy atom. The van der Waals surface area contributed by atoms with Crippen molar-refractivity contribution >= 4 is 0 Å². The zero-order valence-electron chi connectivity index (χ0n) is 11.3. The lowest BCUT2D eigenvalue weighted by atomic mass is 10.1. The normalized spacial score (nSPS) is 18.8. The van der Waals surface area contributed by atoms with E-state index in [0.29, 0.717) is 6.61 Å². The molecule has 1 aromatic carbocycles. The number of ether oxygens (including phenoxy) is 2. The number of tetrazole rings is 1. The van der Waals surface area contributed by atoms with Crippen LogP contribution in [0.2, 0.25) is 0 Å². The van der Waals surface area contributed by atoms with Gasteiger partial charge in [-0.05, 0) is 37.4 Å². The average molecular weight is 275 g/mol. The number of rotatable bonds is 5. The second-order valence-electron chi connectivity index (χ2n) is 4.63. The van der Waals surface area contributed by atoms with Crippen molar-refractivity contribution in [2.24, 2.45) is 0 Å². The maximum Gasteiger partial charge on any atom is 0.162 e. The van der Waals surface area contributed by atoms with Crippen LogP contribution in [0.1, 0.15) is 12.5 Å². The lowest BCUT2D eigenvalue weighted by molar-refractivity contribution is 0.0394. The molecule has 0 saturated carbocycles. The summed E-state index contributed by atoms with van der Waals surface area (Å²) < 4.78 is 11.8. The van der Waals surface area contributed by atoms with Gasteiger partial charge in [-0.25, -0.2) is 0 Å². The topological polar surface area (TPSA) is 74.1 Å². The molecule has 0 aliphatic carbocycles. The molecule has 3 rings (SSSR count). The molecule has 2 aromatic rings. The quantitative estimate of drug-likeness (QED) is 0.864. The van der Waals surface area contributed by atoms with Gasteiger partial charge < -0.3 is 14.8 Å². The first-order valence-electron chi connectivity index (χ1n) is 6.64. The van der Waals surface area contributed by atoms with Crippen molar-refractivity contribution < 1.29 is 9.47 Å². The average Bonchev–Trinajstić information content (AvgIpc) is 3.02. The summed E-state index contributed by atoms with van der Waals surface area (Å²) in [6.07, 6.45) is 2.14. The molecule has 0 bridgehead atoms. The Kier molecular flexibility index (Phi) is 3.78.